The normalized spacial score (nSPS) is 12.1. The first-order valence-electron chi connectivity index (χ1n) is 6.64. The van der Waals surface area contributed by atoms with E-state index < -0.39 is 16.8 Å². The van der Waals surface area contributed by atoms with E-state index in [1.54, 1.807) is 12.1 Å². The van der Waals surface area contributed by atoms with Crippen molar-refractivity contribution in [2.45, 2.75) is 19.6 Å². The summed E-state index contributed by atoms with van der Waals surface area (Å²) in [5.74, 6) is -1.39. The fourth-order valence-electron chi connectivity index (χ4n) is 1.92. The summed E-state index contributed by atoms with van der Waals surface area (Å²) in [4.78, 5) is 22.8. The van der Waals surface area contributed by atoms with Crippen molar-refractivity contribution >= 4 is 22.6 Å². The van der Waals surface area contributed by atoms with Crippen LogP contribution < -0.4 is 0 Å². The molecule has 1 aromatic carbocycles. The number of ketones is 1. The molecule has 2 rings (SSSR count). The van der Waals surface area contributed by atoms with Gasteiger partial charge >= 0.3 is 5.97 Å². The van der Waals surface area contributed by atoms with E-state index in [0.29, 0.717) is 11.3 Å². The standard InChI is InChI=1S/C16H16O5S/c1-10-3-4-12(7-11(10)2)14(17)9-22(20)8-13-5-6-15(21-13)16(18)19/h3-7H,8-9H2,1-2H3,(H,18,19). The Morgan fingerprint density at radius 2 is 1.86 bits per heavy atom. The van der Waals surface area contributed by atoms with Gasteiger partial charge in [0.05, 0.1) is 11.5 Å². The lowest BCUT2D eigenvalue weighted by atomic mass is 10.0. The molecule has 0 aliphatic rings. The lowest BCUT2D eigenvalue weighted by Crippen LogP contribution is -2.12. The van der Waals surface area contributed by atoms with Crippen molar-refractivity contribution in [1.29, 1.82) is 0 Å². The predicted molar refractivity (Wildman–Crippen MR) is 82.6 cm³/mol. The Labute approximate surface area is 130 Å². The molecule has 5 nitrogen and oxygen atoms in total. The van der Waals surface area contributed by atoms with Crippen LogP contribution in [-0.2, 0) is 16.6 Å². The molecule has 0 aliphatic heterocycles. The van der Waals surface area contributed by atoms with Gasteiger partial charge in [0.25, 0.3) is 0 Å². The van der Waals surface area contributed by atoms with Crippen molar-refractivity contribution in [2.24, 2.45) is 0 Å². The van der Waals surface area contributed by atoms with Crippen LogP contribution in [0.25, 0.3) is 0 Å². The molecule has 1 unspecified atom stereocenters. The molecule has 1 N–H and O–H groups in total. The monoisotopic (exact) mass is 320 g/mol. The number of hydrogen-bond acceptors (Lipinski definition) is 4. The highest BCUT2D eigenvalue weighted by Gasteiger charge is 2.15. The van der Waals surface area contributed by atoms with Gasteiger partial charge in [-0.15, -0.1) is 0 Å². The number of aryl methyl sites for hydroxylation is 2. The summed E-state index contributed by atoms with van der Waals surface area (Å²) < 4.78 is 17.0. The van der Waals surface area contributed by atoms with Crippen molar-refractivity contribution in [3.63, 3.8) is 0 Å². The van der Waals surface area contributed by atoms with E-state index in [4.69, 9.17) is 9.52 Å². The smallest absolute Gasteiger partial charge is 0.371 e. The number of carbonyl (C=O) groups excluding carboxylic acids is 1. The molecule has 116 valence electrons. The maximum Gasteiger partial charge on any atom is 0.371 e. The molecule has 0 radical (unpaired) electrons. The first-order valence-corrected chi connectivity index (χ1v) is 8.13. The van der Waals surface area contributed by atoms with Crippen LogP contribution in [0.4, 0.5) is 0 Å². The molecule has 0 saturated carbocycles. The summed E-state index contributed by atoms with van der Waals surface area (Å²) in [6.45, 7) is 3.87. The summed E-state index contributed by atoms with van der Waals surface area (Å²) in [5, 5.41) is 8.75. The van der Waals surface area contributed by atoms with E-state index in [9.17, 15) is 13.8 Å². The van der Waals surface area contributed by atoms with Gasteiger partial charge in [0, 0.05) is 16.4 Å². The minimum absolute atomic E-state index is 0.0177. The van der Waals surface area contributed by atoms with Gasteiger partial charge in [-0.3, -0.25) is 9.00 Å². The molecule has 1 aromatic heterocycles. The van der Waals surface area contributed by atoms with Crippen molar-refractivity contribution in [1.82, 2.24) is 0 Å². The topological polar surface area (TPSA) is 84.6 Å². The molecule has 0 aliphatic carbocycles. The van der Waals surface area contributed by atoms with E-state index in [1.807, 2.05) is 19.9 Å². The zero-order valence-electron chi connectivity index (χ0n) is 12.3. The third-order valence-corrected chi connectivity index (χ3v) is 4.49. The third-order valence-electron chi connectivity index (χ3n) is 3.30. The number of carbonyl (C=O) groups is 2. The van der Waals surface area contributed by atoms with Gasteiger partial charge in [-0.1, -0.05) is 12.1 Å². The van der Waals surface area contributed by atoms with Crippen LogP contribution in [0.2, 0.25) is 0 Å². The molecule has 0 amide bonds. The number of aromatic carboxylic acids is 1. The number of Topliss-reactive ketones (excluding diaryl/α,β-unsaturated/α-hetero) is 1. The number of benzene rings is 1. The zero-order chi connectivity index (χ0) is 16.3. The van der Waals surface area contributed by atoms with E-state index >= 15 is 0 Å². The second kappa shape index (κ2) is 6.70. The summed E-state index contributed by atoms with van der Waals surface area (Å²) in [5.41, 5.74) is 2.63. The zero-order valence-corrected chi connectivity index (χ0v) is 13.1. The summed E-state index contributed by atoms with van der Waals surface area (Å²) >= 11 is 0. The molecule has 1 heterocycles. The highest BCUT2D eigenvalue weighted by Crippen LogP contribution is 2.13. The van der Waals surface area contributed by atoms with Gasteiger partial charge in [0.15, 0.2) is 5.78 Å². The van der Waals surface area contributed by atoms with Gasteiger partial charge < -0.3 is 9.52 Å². The molecular weight excluding hydrogens is 304 g/mol. The van der Waals surface area contributed by atoms with Gasteiger partial charge in [-0.05, 0) is 43.2 Å². The average Bonchev–Trinajstić information content (AvgIpc) is 2.90. The summed E-state index contributed by atoms with van der Waals surface area (Å²) in [6.07, 6.45) is 0. The van der Waals surface area contributed by atoms with E-state index in [1.165, 1.54) is 12.1 Å². The maximum atomic E-state index is 12.1. The fraction of sp³-hybridized carbons (Fsp3) is 0.250. The molecule has 0 bridgehead atoms. The molecule has 6 heteroatoms. The Balaban J connectivity index is 2.00. The predicted octanol–water partition coefficient (Wildman–Crippen LogP) is 2.73. The van der Waals surface area contributed by atoms with Crippen LogP contribution in [0, 0.1) is 13.8 Å². The molecule has 2 aromatic rings. The molecular formula is C16H16O5S. The van der Waals surface area contributed by atoms with Gasteiger partial charge in [0.1, 0.15) is 5.76 Å². The van der Waals surface area contributed by atoms with Gasteiger partial charge in [-0.2, -0.15) is 0 Å². The van der Waals surface area contributed by atoms with Crippen molar-refractivity contribution in [3.05, 3.63) is 58.5 Å². The molecule has 1 atom stereocenters. The maximum absolute atomic E-state index is 12.1. The fourth-order valence-corrected chi connectivity index (χ4v) is 2.96. The second-order valence-corrected chi connectivity index (χ2v) is 6.48. The van der Waals surface area contributed by atoms with Crippen LogP contribution in [0.5, 0.6) is 0 Å². The lowest BCUT2D eigenvalue weighted by molar-refractivity contribution is 0.0660. The largest absolute Gasteiger partial charge is 0.475 e. The quantitative estimate of drug-likeness (QED) is 0.827. The van der Waals surface area contributed by atoms with Gasteiger partial charge in [-0.25, -0.2) is 4.79 Å². The van der Waals surface area contributed by atoms with E-state index in [2.05, 4.69) is 0 Å². The van der Waals surface area contributed by atoms with Crippen molar-refractivity contribution in [2.75, 3.05) is 5.75 Å². The Morgan fingerprint density at radius 3 is 2.45 bits per heavy atom. The molecule has 22 heavy (non-hydrogen) atoms. The van der Waals surface area contributed by atoms with E-state index in [0.717, 1.165) is 11.1 Å². The van der Waals surface area contributed by atoms with Crippen LogP contribution >= 0.6 is 0 Å². The lowest BCUT2D eigenvalue weighted by Gasteiger charge is -2.04. The highest BCUT2D eigenvalue weighted by molar-refractivity contribution is 7.85. The Hall–Kier alpha value is -2.21. The Kier molecular flexibility index (Phi) is 4.92. The number of rotatable bonds is 6. The average molecular weight is 320 g/mol. The number of carboxylic acids is 1. The SMILES string of the molecule is Cc1ccc(C(=O)CS(=O)Cc2ccc(C(=O)O)o2)cc1C. The first kappa shape index (κ1) is 16.2. The number of hydrogen-bond donors (Lipinski definition) is 1. The third kappa shape index (κ3) is 3.92. The Morgan fingerprint density at radius 1 is 1.14 bits per heavy atom. The summed E-state index contributed by atoms with van der Waals surface area (Å²) in [6, 6.07) is 8.13. The van der Waals surface area contributed by atoms with Crippen LogP contribution in [-0.4, -0.2) is 26.8 Å². The summed E-state index contributed by atoms with van der Waals surface area (Å²) in [7, 11) is -1.45. The van der Waals surface area contributed by atoms with Gasteiger partial charge in [0.2, 0.25) is 5.76 Å². The van der Waals surface area contributed by atoms with E-state index in [-0.39, 0.29) is 23.0 Å². The van der Waals surface area contributed by atoms with Crippen molar-refractivity contribution < 1.29 is 23.3 Å². The molecule has 0 saturated heterocycles. The first-order chi connectivity index (χ1) is 10.4. The molecule has 0 fully saturated rings. The second-order valence-electron chi connectivity index (χ2n) is 5.02. The van der Waals surface area contributed by atoms with Crippen molar-refractivity contribution in [3.8, 4) is 0 Å². The highest BCUT2D eigenvalue weighted by atomic mass is 32.2. The number of furan rings is 1. The molecule has 0 spiro atoms. The minimum atomic E-state index is -1.45. The Bertz CT molecular complexity index is 745. The minimum Gasteiger partial charge on any atom is -0.475 e. The van der Waals surface area contributed by atoms with Crippen LogP contribution in [0.1, 0.15) is 37.8 Å². The van der Waals surface area contributed by atoms with Crippen LogP contribution in [0.15, 0.2) is 34.7 Å². The number of carboxylic acid groups (broad SMARTS) is 1. The van der Waals surface area contributed by atoms with Crippen LogP contribution in [0.3, 0.4) is 0 Å².